The molecule has 2 atom stereocenters. The Bertz CT molecular complexity index is 738. The second kappa shape index (κ2) is 4.17. The van der Waals surface area contributed by atoms with Crippen LogP contribution < -0.4 is 0 Å². The van der Waals surface area contributed by atoms with Gasteiger partial charge in [-0.2, -0.15) is 0 Å². The highest BCUT2D eigenvalue weighted by Gasteiger charge is 2.42. The van der Waals surface area contributed by atoms with Crippen molar-refractivity contribution in [2.24, 2.45) is 0 Å². The molecule has 0 amide bonds. The maximum atomic E-state index is 11.6. The smallest absolute Gasteiger partial charge is 0.337 e. The number of carbonyl (C=O) groups is 1. The van der Waals surface area contributed by atoms with Crippen molar-refractivity contribution >= 4 is 21.9 Å². The van der Waals surface area contributed by atoms with Crippen LogP contribution in [0.2, 0.25) is 0 Å². The molecule has 4 heteroatoms. The van der Waals surface area contributed by atoms with E-state index in [2.05, 4.69) is 28.1 Å². The second-order valence-electron chi connectivity index (χ2n) is 5.00. The Morgan fingerprint density at radius 2 is 1.70 bits per heavy atom. The summed E-state index contributed by atoms with van der Waals surface area (Å²) < 4.78 is 11.9. The van der Waals surface area contributed by atoms with Crippen LogP contribution in [0.3, 0.4) is 0 Å². The quantitative estimate of drug-likeness (QED) is 0.747. The Hall–Kier alpha value is -1.65. The monoisotopic (exact) mass is 330 g/mol. The van der Waals surface area contributed by atoms with Crippen molar-refractivity contribution in [2.75, 3.05) is 7.11 Å². The zero-order valence-corrected chi connectivity index (χ0v) is 12.3. The fourth-order valence-corrected chi connectivity index (χ4v) is 3.44. The number of benzene rings is 2. The zero-order chi connectivity index (χ0) is 13.9. The van der Waals surface area contributed by atoms with Crippen LogP contribution in [0.25, 0.3) is 0 Å². The van der Waals surface area contributed by atoms with Gasteiger partial charge >= 0.3 is 5.97 Å². The number of hydrogen-bond donors (Lipinski definition) is 0. The summed E-state index contributed by atoms with van der Waals surface area (Å²) in [5.74, 6) is -0.313. The maximum Gasteiger partial charge on any atom is 0.337 e. The van der Waals surface area contributed by atoms with E-state index in [1.54, 1.807) is 6.07 Å². The molecule has 0 radical (unpaired) electrons. The highest BCUT2D eigenvalue weighted by molar-refractivity contribution is 9.10. The highest BCUT2D eigenvalue weighted by atomic mass is 79.9. The number of hydrogen-bond acceptors (Lipinski definition) is 3. The molecule has 0 aromatic heterocycles. The van der Waals surface area contributed by atoms with E-state index in [9.17, 15) is 4.79 Å². The number of ether oxygens (including phenoxy) is 2. The number of carbonyl (C=O) groups excluding carboxylic acids is 1. The van der Waals surface area contributed by atoms with Gasteiger partial charge in [-0.25, -0.2) is 4.79 Å². The topological polar surface area (TPSA) is 35.5 Å². The molecular weight excluding hydrogens is 320 g/mol. The van der Waals surface area contributed by atoms with Crippen LogP contribution in [0.5, 0.6) is 0 Å². The third-order valence-electron chi connectivity index (χ3n) is 3.96. The molecule has 4 rings (SSSR count). The molecule has 0 unspecified atom stereocenters. The van der Waals surface area contributed by atoms with Crippen molar-refractivity contribution in [3.63, 3.8) is 0 Å². The van der Waals surface area contributed by atoms with Crippen molar-refractivity contribution in [3.05, 3.63) is 68.7 Å². The first-order valence-corrected chi connectivity index (χ1v) is 7.15. The number of rotatable bonds is 1. The van der Waals surface area contributed by atoms with E-state index in [-0.39, 0.29) is 18.2 Å². The summed E-state index contributed by atoms with van der Waals surface area (Å²) >= 11 is 3.50. The Morgan fingerprint density at radius 1 is 1.05 bits per heavy atom. The minimum atomic E-state index is -0.313. The largest absolute Gasteiger partial charge is 0.465 e. The number of methoxy groups -OCH3 is 1. The Morgan fingerprint density at radius 3 is 2.40 bits per heavy atom. The van der Waals surface area contributed by atoms with E-state index in [1.165, 1.54) is 18.2 Å². The summed E-state index contributed by atoms with van der Waals surface area (Å²) in [4.78, 5) is 11.6. The van der Waals surface area contributed by atoms with E-state index >= 15 is 0 Å². The van der Waals surface area contributed by atoms with Gasteiger partial charge in [-0.05, 0) is 46.5 Å². The van der Waals surface area contributed by atoms with E-state index in [0.717, 1.165) is 15.6 Å². The number of fused-ring (bicyclic) bond motifs is 8. The summed E-state index contributed by atoms with van der Waals surface area (Å²) in [5, 5.41) is 0. The Labute approximate surface area is 124 Å². The lowest BCUT2D eigenvalue weighted by molar-refractivity contribution is 0.0600. The van der Waals surface area contributed by atoms with Crippen LogP contribution >= 0.6 is 15.9 Å². The molecule has 2 heterocycles. The molecule has 100 valence electrons. The molecule has 2 aliphatic rings. The van der Waals surface area contributed by atoms with Crippen LogP contribution in [0.1, 0.15) is 44.8 Å². The lowest BCUT2D eigenvalue weighted by atomic mass is 9.85. The lowest BCUT2D eigenvalue weighted by Crippen LogP contribution is -2.07. The first kappa shape index (κ1) is 12.1. The average Bonchev–Trinajstić information content (AvgIpc) is 3.02. The molecule has 2 aromatic rings. The summed E-state index contributed by atoms with van der Waals surface area (Å²) in [6.45, 7) is 0. The van der Waals surface area contributed by atoms with Gasteiger partial charge in [0.05, 0.1) is 12.7 Å². The molecule has 2 aliphatic heterocycles. The van der Waals surface area contributed by atoms with Crippen LogP contribution in [0, 0.1) is 0 Å². The van der Waals surface area contributed by atoms with E-state index in [1.807, 2.05) is 18.2 Å². The molecule has 0 N–H and O–H groups in total. The molecular formula is C16H11BrO3. The zero-order valence-electron chi connectivity index (χ0n) is 10.7. The van der Waals surface area contributed by atoms with Gasteiger partial charge in [-0.1, -0.05) is 28.1 Å². The van der Waals surface area contributed by atoms with E-state index in [0.29, 0.717) is 5.56 Å². The molecule has 2 aromatic carbocycles. The minimum Gasteiger partial charge on any atom is -0.465 e. The summed E-state index contributed by atoms with van der Waals surface area (Å²) in [7, 11) is 1.39. The second-order valence-corrected chi connectivity index (χ2v) is 5.92. The third kappa shape index (κ3) is 1.52. The lowest BCUT2D eigenvalue weighted by Gasteiger charge is -2.16. The van der Waals surface area contributed by atoms with Gasteiger partial charge in [0.25, 0.3) is 0 Å². The fraction of sp³-hybridized carbons (Fsp3) is 0.188. The van der Waals surface area contributed by atoms with Crippen LogP contribution in [-0.2, 0) is 9.47 Å². The molecule has 0 spiro atoms. The van der Waals surface area contributed by atoms with Crippen LogP contribution in [0.4, 0.5) is 0 Å². The minimum absolute atomic E-state index is 0.0193. The van der Waals surface area contributed by atoms with E-state index < -0.39 is 0 Å². The fourth-order valence-electron chi connectivity index (χ4n) is 3.06. The number of halogens is 1. The van der Waals surface area contributed by atoms with Crippen molar-refractivity contribution in [1.82, 2.24) is 0 Å². The van der Waals surface area contributed by atoms with Gasteiger partial charge in [0.2, 0.25) is 0 Å². The van der Waals surface area contributed by atoms with Gasteiger partial charge in [0.15, 0.2) is 0 Å². The molecule has 3 nitrogen and oxygen atoms in total. The van der Waals surface area contributed by atoms with Crippen LogP contribution in [0.15, 0.2) is 40.9 Å². The SMILES string of the molecule is COC(=O)c1ccc2c(c1)[C@@H]1O[C@H]2c2cc(Br)ccc21. The highest BCUT2D eigenvalue weighted by Crippen LogP contribution is 2.54. The predicted molar refractivity (Wildman–Crippen MR) is 76.7 cm³/mol. The first-order chi connectivity index (χ1) is 9.69. The summed E-state index contributed by atoms with van der Waals surface area (Å²) in [6, 6.07) is 11.9. The standard InChI is InChI=1S/C16H11BrO3/c1-19-16(18)8-2-4-10-12(6-8)14-11-5-3-9(17)7-13(11)15(10)20-14/h2-7,14-15H,1H3/t14-,15-/m1/s1. The molecule has 0 fully saturated rings. The first-order valence-electron chi connectivity index (χ1n) is 6.36. The Kier molecular flexibility index (Phi) is 2.53. The summed E-state index contributed by atoms with van der Waals surface area (Å²) in [5.41, 5.74) is 5.19. The van der Waals surface area contributed by atoms with Gasteiger partial charge in [-0.3, -0.25) is 0 Å². The van der Waals surface area contributed by atoms with Gasteiger partial charge < -0.3 is 9.47 Å². The van der Waals surface area contributed by atoms with Crippen molar-refractivity contribution in [1.29, 1.82) is 0 Å². The average molecular weight is 331 g/mol. The Balaban J connectivity index is 1.85. The molecule has 0 saturated heterocycles. The molecule has 20 heavy (non-hydrogen) atoms. The van der Waals surface area contributed by atoms with Gasteiger partial charge in [0, 0.05) is 4.47 Å². The van der Waals surface area contributed by atoms with Gasteiger partial charge in [0.1, 0.15) is 12.2 Å². The van der Waals surface area contributed by atoms with Crippen molar-refractivity contribution in [3.8, 4) is 0 Å². The third-order valence-corrected chi connectivity index (χ3v) is 4.45. The van der Waals surface area contributed by atoms with Crippen LogP contribution in [-0.4, -0.2) is 13.1 Å². The maximum absolute atomic E-state index is 11.6. The summed E-state index contributed by atoms with van der Waals surface area (Å²) in [6.07, 6.45) is -0.0862. The molecule has 2 bridgehead atoms. The number of esters is 1. The van der Waals surface area contributed by atoms with Crippen molar-refractivity contribution < 1.29 is 14.3 Å². The molecule has 0 aliphatic carbocycles. The predicted octanol–water partition coefficient (Wildman–Crippen LogP) is 3.76. The van der Waals surface area contributed by atoms with Gasteiger partial charge in [-0.15, -0.1) is 0 Å². The van der Waals surface area contributed by atoms with Crippen molar-refractivity contribution in [2.45, 2.75) is 12.2 Å². The van der Waals surface area contributed by atoms with E-state index in [4.69, 9.17) is 9.47 Å². The normalized spacial score (nSPS) is 21.5. The molecule has 0 saturated carbocycles.